The highest BCUT2D eigenvalue weighted by molar-refractivity contribution is 7.43. The van der Waals surface area contributed by atoms with Crippen LogP contribution in [0, 0.1) is 0 Å². The van der Waals surface area contributed by atoms with E-state index in [1.165, 1.54) is 0 Å². The summed E-state index contributed by atoms with van der Waals surface area (Å²) in [6.45, 7) is 0.854. The van der Waals surface area contributed by atoms with E-state index in [2.05, 4.69) is 4.52 Å². The van der Waals surface area contributed by atoms with Gasteiger partial charge in [0.05, 0.1) is 14.4 Å². The van der Waals surface area contributed by atoms with Gasteiger partial charge in [0.25, 0.3) is 5.56 Å². The summed E-state index contributed by atoms with van der Waals surface area (Å²) < 4.78 is 20.7. The first-order chi connectivity index (χ1) is 10.6. The van der Waals surface area contributed by atoms with Crippen molar-refractivity contribution in [3.05, 3.63) is 32.6 Å². The van der Waals surface area contributed by atoms with E-state index in [1.807, 2.05) is 4.98 Å². The average molecular weight is 350 g/mol. The second kappa shape index (κ2) is 6.65. The molecule has 1 aliphatic rings. The molecule has 0 amide bonds. The van der Waals surface area contributed by atoms with Crippen molar-refractivity contribution in [3.8, 4) is 0 Å². The Labute approximate surface area is 129 Å². The van der Waals surface area contributed by atoms with Gasteiger partial charge in [0, 0.05) is 11.8 Å². The number of aryl methyl sites for hydroxylation is 1. The zero-order valence-corrected chi connectivity index (χ0v) is 12.8. The van der Waals surface area contributed by atoms with Gasteiger partial charge >= 0.3 is 5.69 Å². The SMILES string of the molecule is CCc1cc(=O)[nH]c(=O)n1[C@@H]1O[C@H](COP(=O)([O-])[O-])[C@@H](O)[C@H]1O. The lowest BCUT2D eigenvalue weighted by Gasteiger charge is -2.30. The van der Waals surface area contributed by atoms with Gasteiger partial charge in [-0.15, -0.1) is 0 Å². The predicted molar refractivity (Wildman–Crippen MR) is 70.2 cm³/mol. The second-order valence-corrected chi connectivity index (χ2v) is 6.10. The van der Waals surface area contributed by atoms with Gasteiger partial charge in [-0.2, -0.15) is 0 Å². The molecule has 1 fully saturated rings. The van der Waals surface area contributed by atoms with Crippen LogP contribution in [0.5, 0.6) is 0 Å². The van der Waals surface area contributed by atoms with Gasteiger partial charge in [-0.1, -0.05) is 6.92 Å². The molecule has 23 heavy (non-hydrogen) atoms. The Hall–Kier alpha value is -1.33. The highest BCUT2D eigenvalue weighted by Crippen LogP contribution is 2.32. The lowest BCUT2D eigenvalue weighted by atomic mass is 10.1. The van der Waals surface area contributed by atoms with E-state index in [4.69, 9.17) is 4.74 Å². The first-order valence-electron chi connectivity index (χ1n) is 6.67. The molecule has 4 atom stereocenters. The van der Waals surface area contributed by atoms with E-state index in [9.17, 15) is 34.2 Å². The number of H-pyrrole nitrogens is 1. The molecule has 0 spiro atoms. The summed E-state index contributed by atoms with van der Waals surface area (Å²) in [7, 11) is -5.28. The highest BCUT2D eigenvalue weighted by atomic mass is 31.2. The Bertz CT molecular complexity index is 723. The summed E-state index contributed by atoms with van der Waals surface area (Å²) in [5.41, 5.74) is -1.24. The zero-order chi connectivity index (χ0) is 17.4. The maximum Gasteiger partial charge on any atom is 0.330 e. The van der Waals surface area contributed by atoms with Gasteiger partial charge in [0.1, 0.15) is 18.3 Å². The molecule has 0 aliphatic carbocycles. The number of rotatable bonds is 5. The number of nitrogens with one attached hydrogen (secondary N) is 1. The molecule has 0 bridgehead atoms. The van der Waals surface area contributed by atoms with Crippen molar-refractivity contribution in [2.45, 2.75) is 37.9 Å². The van der Waals surface area contributed by atoms with E-state index in [0.29, 0.717) is 0 Å². The molecular formula is C11H15N2O9P-2. The summed E-state index contributed by atoms with van der Waals surface area (Å²) in [5.74, 6) is 0. The minimum atomic E-state index is -5.28. The fourth-order valence-corrected chi connectivity index (χ4v) is 2.68. The summed E-state index contributed by atoms with van der Waals surface area (Å²) >= 11 is 0. The number of ether oxygens (including phenoxy) is 1. The van der Waals surface area contributed by atoms with Crippen LogP contribution in [0.3, 0.4) is 0 Å². The topological polar surface area (TPSA) is 177 Å². The number of aromatic amines is 1. The Kier molecular flexibility index (Phi) is 5.21. The molecule has 0 aromatic carbocycles. The van der Waals surface area contributed by atoms with E-state index >= 15 is 0 Å². The van der Waals surface area contributed by atoms with Crippen LogP contribution in [0.4, 0.5) is 0 Å². The number of hydrogen-bond acceptors (Lipinski definition) is 9. The average Bonchev–Trinajstić information content (AvgIpc) is 2.71. The van der Waals surface area contributed by atoms with Crippen molar-refractivity contribution in [1.29, 1.82) is 0 Å². The number of aliphatic hydroxyl groups is 2. The number of phosphoric ester groups is 1. The maximum absolute atomic E-state index is 11.9. The molecule has 11 nitrogen and oxygen atoms in total. The normalized spacial score (nSPS) is 28.2. The molecule has 130 valence electrons. The van der Waals surface area contributed by atoms with E-state index in [0.717, 1.165) is 10.6 Å². The van der Waals surface area contributed by atoms with E-state index in [1.54, 1.807) is 6.92 Å². The molecule has 12 heteroatoms. The summed E-state index contributed by atoms with van der Waals surface area (Å²) in [6, 6.07) is 1.14. The summed E-state index contributed by atoms with van der Waals surface area (Å²) in [5, 5.41) is 19.9. The van der Waals surface area contributed by atoms with Crippen molar-refractivity contribution >= 4 is 7.82 Å². The minimum absolute atomic E-state index is 0.245. The Balaban J connectivity index is 2.30. The smallest absolute Gasteiger partial charge is 0.330 e. The summed E-state index contributed by atoms with van der Waals surface area (Å²) in [4.78, 5) is 46.2. The minimum Gasteiger partial charge on any atom is -0.790 e. The Morgan fingerprint density at radius 2 is 2.04 bits per heavy atom. The lowest BCUT2D eigenvalue weighted by molar-refractivity contribution is -0.343. The van der Waals surface area contributed by atoms with Crippen molar-refractivity contribution < 1.29 is 33.8 Å². The van der Waals surface area contributed by atoms with Crippen LogP contribution in [0.15, 0.2) is 15.7 Å². The first-order valence-corrected chi connectivity index (χ1v) is 8.13. The van der Waals surface area contributed by atoms with Crippen LogP contribution in [-0.2, 0) is 20.2 Å². The molecule has 2 heterocycles. The van der Waals surface area contributed by atoms with E-state index < -0.39 is 50.2 Å². The van der Waals surface area contributed by atoms with Gasteiger partial charge in [0.2, 0.25) is 0 Å². The highest BCUT2D eigenvalue weighted by Gasteiger charge is 2.44. The monoisotopic (exact) mass is 350 g/mol. The molecule has 0 saturated carbocycles. The third-order valence-corrected chi connectivity index (χ3v) is 3.87. The molecule has 1 aliphatic heterocycles. The molecule has 1 aromatic rings. The standard InChI is InChI=1S/C11H17N2O9P/c1-2-5-3-7(14)12-11(17)13(5)10-9(16)8(15)6(22-10)4-21-23(18,19)20/h3,6,8-10,15-16H,2,4H2,1H3,(H,12,14,17)(H2,18,19,20)/p-2/t6-,8-,9-,10-/m1/s1. The second-order valence-electron chi connectivity index (χ2n) is 4.94. The predicted octanol–water partition coefficient (Wildman–Crippen LogP) is -3.44. The van der Waals surface area contributed by atoms with Crippen LogP contribution in [0.1, 0.15) is 18.8 Å². The van der Waals surface area contributed by atoms with Gasteiger partial charge in [-0.05, 0) is 6.42 Å². The van der Waals surface area contributed by atoms with Crippen molar-refractivity contribution in [2.75, 3.05) is 6.61 Å². The van der Waals surface area contributed by atoms with Crippen LogP contribution >= 0.6 is 7.82 Å². The molecule has 3 N–H and O–H groups in total. The Morgan fingerprint density at radius 3 is 2.61 bits per heavy atom. The molecule has 0 unspecified atom stereocenters. The number of aromatic nitrogens is 2. The molecular weight excluding hydrogens is 335 g/mol. The van der Waals surface area contributed by atoms with Gasteiger partial charge in [0.15, 0.2) is 6.23 Å². The van der Waals surface area contributed by atoms with Crippen molar-refractivity contribution in [1.82, 2.24) is 9.55 Å². The fraction of sp³-hybridized carbons (Fsp3) is 0.636. The van der Waals surface area contributed by atoms with Gasteiger partial charge in [-0.25, -0.2) is 4.79 Å². The fourth-order valence-electron chi connectivity index (χ4n) is 2.35. The van der Waals surface area contributed by atoms with Crippen LogP contribution in [0.2, 0.25) is 0 Å². The number of aliphatic hydroxyl groups excluding tert-OH is 2. The third-order valence-electron chi connectivity index (χ3n) is 3.41. The number of phosphoric acid groups is 1. The van der Waals surface area contributed by atoms with E-state index in [-0.39, 0.29) is 12.1 Å². The van der Waals surface area contributed by atoms with Crippen LogP contribution < -0.4 is 21.0 Å². The van der Waals surface area contributed by atoms with Crippen molar-refractivity contribution in [2.24, 2.45) is 0 Å². The van der Waals surface area contributed by atoms with Gasteiger partial charge in [-0.3, -0.25) is 14.3 Å². The summed E-state index contributed by atoms with van der Waals surface area (Å²) in [6.07, 6.45) is -5.62. The number of hydrogen-bond donors (Lipinski definition) is 3. The third kappa shape index (κ3) is 3.96. The largest absolute Gasteiger partial charge is 0.790 e. The van der Waals surface area contributed by atoms with Crippen molar-refractivity contribution in [3.63, 3.8) is 0 Å². The van der Waals surface area contributed by atoms with Crippen LogP contribution in [0.25, 0.3) is 0 Å². The zero-order valence-electron chi connectivity index (χ0n) is 11.9. The number of nitrogens with zero attached hydrogens (tertiary/aromatic N) is 1. The Morgan fingerprint density at radius 1 is 1.39 bits per heavy atom. The molecule has 2 rings (SSSR count). The lowest BCUT2D eigenvalue weighted by Crippen LogP contribution is -2.39. The van der Waals surface area contributed by atoms with Gasteiger partial charge < -0.3 is 33.8 Å². The molecule has 0 radical (unpaired) electrons. The first kappa shape index (κ1) is 18.0. The quantitative estimate of drug-likeness (QED) is 0.456. The van der Waals surface area contributed by atoms with Crippen LogP contribution in [-0.4, -0.2) is 44.7 Å². The molecule has 1 aromatic heterocycles. The molecule has 1 saturated heterocycles. The maximum atomic E-state index is 11.9.